The quantitative estimate of drug-likeness (QED) is 0.396. The van der Waals surface area contributed by atoms with Gasteiger partial charge >= 0.3 is 0 Å². The highest BCUT2D eigenvalue weighted by molar-refractivity contribution is 7.07. The maximum absolute atomic E-state index is 11.8. The Bertz CT molecular complexity index is 1540. The number of halogens is 1. The molecule has 0 bridgehead atoms. The summed E-state index contributed by atoms with van der Waals surface area (Å²) in [7, 11) is 0. The van der Waals surface area contributed by atoms with E-state index in [1.165, 1.54) is 11.3 Å². The molecule has 1 amide bonds. The van der Waals surface area contributed by atoms with Crippen LogP contribution in [0, 0.1) is 6.92 Å². The predicted octanol–water partition coefficient (Wildman–Crippen LogP) is 5.52. The van der Waals surface area contributed by atoms with Crippen LogP contribution in [0.2, 0.25) is 5.02 Å². The van der Waals surface area contributed by atoms with Crippen molar-refractivity contribution >= 4 is 40.2 Å². The summed E-state index contributed by atoms with van der Waals surface area (Å²) in [5.41, 5.74) is 5.39. The number of nitrogens with zero attached hydrogens (tertiary/aromatic N) is 2. The zero-order chi connectivity index (χ0) is 23.9. The molecule has 0 radical (unpaired) electrons. The Hall–Kier alpha value is -3.75. The van der Waals surface area contributed by atoms with Gasteiger partial charge in [0.15, 0.2) is 22.9 Å². The Morgan fingerprint density at radius 2 is 1.89 bits per heavy atom. The largest absolute Gasteiger partial charge is 0.482 e. The van der Waals surface area contributed by atoms with E-state index in [2.05, 4.69) is 15.3 Å². The molecule has 0 atom stereocenters. The second kappa shape index (κ2) is 8.79. The van der Waals surface area contributed by atoms with E-state index in [1.54, 1.807) is 0 Å². The number of carbonyl (C=O) groups excluding carboxylic acids is 1. The standard InChI is InChI=1S/C26H20ClN3O4S/c1-15-2-5-18(10-19(15)27)28-26-30(11-16-3-6-23-24(8-16)34-14-33-23)21(13-35-26)17-4-7-22-20(9-17)29-25(31)12-32-22/h2-10,13H,11-12,14H2,1H3,(H,29,31). The number of aryl methyl sites for hydroxylation is 1. The molecular formula is C26H20ClN3O4S. The number of hydrogen-bond acceptors (Lipinski definition) is 6. The van der Waals surface area contributed by atoms with Crippen LogP contribution >= 0.6 is 22.9 Å². The Morgan fingerprint density at radius 3 is 2.77 bits per heavy atom. The number of aromatic nitrogens is 1. The van der Waals surface area contributed by atoms with E-state index >= 15 is 0 Å². The molecule has 0 saturated carbocycles. The molecule has 9 heteroatoms. The normalized spacial score (nSPS) is 14.5. The molecule has 0 unspecified atom stereocenters. The lowest BCUT2D eigenvalue weighted by molar-refractivity contribution is -0.118. The second-order valence-corrected chi connectivity index (χ2v) is 9.51. The molecule has 1 N–H and O–H groups in total. The number of anilines is 1. The van der Waals surface area contributed by atoms with E-state index in [0.717, 1.165) is 44.4 Å². The number of nitrogens with one attached hydrogen (secondary N) is 1. The topological polar surface area (TPSA) is 74.1 Å². The van der Waals surface area contributed by atoms with Gasteiger partial charge in [-0.15, -0.1) is 11.3 Å². The SMILES string of the molecule is Cc1ccc(N=c2scc(-c3ccc4c(c3)NC(=O)CO4)n2Cc2ccc3c(c2)OCO3)cc1Cl. The minimum absolute atomic E-state index is 0.0249. The Morgan fingerprint density at radius 1 is 1.03 bits per heavy atom. The van der Waals surface area contributed by atoms with E-state index in [-0.39, 0.29) is 19.3 Å². The summed E-state index contributed by atoms with van der Waals surface area (Å²) >= 11 is 7.89. The van der Waals surface area contributed by atoms with Crippen molar-refractivity contribution in [3.05, 3.63) is 80.9 Å². The van der Waals surface area contributed by atoms with Crippen molar-refractivity contribution in [1.82, 2.24) is 4.57 Å². The third kappa shape index (κ3) is 4.26. The maximum Gasteiger partial charge on any atom is 0.262 e. The van der Waals surface area contributed by atoms with Gasteiger partial charge in [0.1, 0.15) is 5.75 Å². The van der Waals surface area contributed by atoms with Gasteiger partial charge in [-0.3, -0.25) is 4.79 Å². The number of thiazole rings is 1. The molecular weight excluding hydrogens is 486 g/mol. The summed E-state index contributed by atoms with van der Waals surface area (Å²) < 4.78 is 18.7. The summed E-state index contributed by atoms with van der Waals surface area (Å²) in [6, 6.07) is 17.5. The number of hydrogen-bond donors (Lipinski definition) is 1. The van der Waals surface area contributed by atoms with E-state index in [9.17, 15) is 4.79 Å². The smallest absolute Gasteiger partial charge is 0.262 e. The van der Waals surface area contributed by atoms with Gasteiger partial charge in [0, 0.05) is 16.0 Å². The molecule has 0 fully saturated rings. The summed E-state index contributed by atoms with van der Waals surface area (Å²) in [6.45, 7) is 2.78. The van der Waals surface area contributed by atoms with Crippen LogP contribution < -0.4 is 24.3 Å². The summed E-state index contributed by atoms with van der Waals surface area (Å²) in [5, 5.41) is 5.63. The summed E-state index contributed by atoms with van der Waals surface area (Å²) in [5.74, 6) is 1.97. The number of benzene rings is 3. The first-order valence-corrected chi connectivity index (χ1v) is 12.2. The number of amides is 1. The molecule has 3 heterocycles. The Balaban J connectivity index is 1.46. The van der Waals surface area contributed by atoms with E-state index < -0.39 is 0 Å². The van der Waals surface area contributed by atoms with E-state index in [0.29, 0.717) is 23.0 Å². The molecule has 1 aromatic heterocycles. The maximum atomic E-state index is 11.8. The van der Waals surface area contributed by atoms with E-state index in [4.69, 9.17) is 30.8 Å². The first-order chi connectivity index (χ1) is 17.0. The van der Waals surface area contributed by atoms with Gasteiger partial charge in [-0.05, 0) is 60.5 Å². The van der Waals surface area contributed by atoms with Gasteiger partial charge in [-0.2, -0.15) is 0 Å². The van der Waals surface area contributed by atoms with Gasteiger partial charge in [-0.25, -0.2) is 4.99 Å². The molecule has 0 aliphatic carbocycles. The summed E-state index contributed by atoms with van der Waals surface area (Å²) in [6.07, 6.45) is 0. The van der Waals surface area contributed by atoms with Crippen LogP contribution in [-0.4, -0.2) is 23.9 Å². The molecule has 6 rings (SSSR count). The monoisotopic (exact) mass is 505 g/mol. The van der Waals surface area contributed by atoms with Crippen LogP contribution in [-0.2, 0) is 11.3 Å². The van der Waals surface area contributed by atoms with Crippen LogP contribution in [0.1, 0.15) is 11.1 Å². The van der Waals surface area contributed by atoms with Crippen molar-refractivity contribution in [3.8, 4) is 28.5 Å². The molecule has 2 aliphatic rings. The number of ether oxygens (including phenoxy) is 3. The Kier molecular flexibility index (Phi) is 5.47. The number of carbonyl (C=O) groups is 1. The zero-order valence-corrected chi connectivity index (χ0v) is 20.3. The molecule has 0 saturated heterocycles. The first kappa shape index (κ1) is 21.8. The van der Waals surface area contributed by atoms with Gasteiger partial charge in [-0.1, -0.05) is 23.7 Å². The second-order valence-electron chi connectivity index (χ2n) is 8.27. The lowest BCUT2D eigenvalue weighted by Gasteiger charge is -2.19. The molecule has 35 heavy (non-hydrogen) atoms. The van der Waals surface area contributed by atoms with Crippen LogP contribution in [0.25, 0.3) is 11.3 Å². The molecule has 4 aromatic rings. The fourth-order valence-electron chi connectivity index (χ4n) is 4.03. The third-order valence-electron chi connectivity index (χ3n) is 5.86. The third-order valence-corrected chi connectivity index (χ3v) is 7.13. The van der Waals surface area contributed by atoms with Crippen molar-refractivity contribution in [1.29, 1.82) is 0 Å². The van der Waals surface area contributed by atoms with Crippen molar-refractivity contribution in [2.24, 2.45) is 4.99 Å². The minimum Gasteiger partial charge on any atom is -0.482 e. The summed E-state index contributed by atoms with van der Waals surface area (Å²) in [4.78, 5) is 17.6. The highest BCUT2D eigenvalue weighted by atomic mass is 35.5. The van der Waals surface area contributed by atoms with Crippen molar-refractivity contribution in [3.63, 3.8) is 0 Å². The zero-order valence-electron chi connectivity index (χ0n) is 18.7. The molecule has 3 aromatic carbocycles. The molecule has 2 aliphatic heterocycles. The van der Waals surface area contributed by atoms with Gasteiger partial charge in [0.05, 0.1) is 23.6 Å². The van der Waals surface area contributed by atoms with Crippen molar-refractivity contribution in [2.45, 2.75) is 13.5 Å². The van der Waals surface area contributed by atoms with Crippen LogP contribution in [0.15, 0.2) is 65.0 Å². The first-order valence-electron chi connectivity index (χ1n) is 11.0. The van der Waals surface area contributed by atoms with E-state index in [1.807, 2.05) is 61.5 Å². The lowest BCUT2D eigenvalue weighted by atomic mass is 10.1. The minimum atomic E-state index is -0.167. The predicted molar refractivity (Wildman–Crippen MR) is 135 cm³/mol. The molecule has 7 nitrogen and oxygen atoms in total. The number of fused-ring (bicyclic) bond motifs is 2. The van der Waals surface area contributed by atoms with Crippen molar-refractivity contribution < 1.29 is 19.0 Å². The highest BCUT2D eigenvalue weighted by Gasteiger charge is 2.19. The average molecular weight is 506 g/mol. The fourth-order valence-corrected chi connectivity index (χ4v) is 5.13. The van der Waals surface area contributed by atoms with Crippen molar-refractivity contribution in [2.75, 3.05) is 18.7 Å². The van der Waals surface area contributed by atoms with Crippen LogP contribution in [0.4, 0.5) is 11.4 Å². The highest BCUT2D eigenvalue weighted by Crippen LogP contribution is 2.35. The van der Waals surface area contributed by atoms with Gasteiger partial charge in [0.2, 0.25) is 6.79 Å². The molecule has 176 valence electrons. The fraction of sp³-hybridized carbons (Fsp3) is 0.154. The van der Waals surface area contributed by atoms with Crippen LogP contribution in [0.3, 0.4) is 0 Å². The average Bonchev–Trinajstić information content (AvgIpc) is 3.48. The van der Waals surface area contributed by atoms with Crippen LogP contribution in [0.5, 0.6) is 17.2 Å². The molecule has 0 spiro atoms. The Labute approximate surface area is 210 Å². The number of rotatable bonds is 4. The van der Waals surface area contributed by atoms with Gasteiger partial charge < -0.3 is 24.1 Å². The van der Waals surface area contributed by atoms with Gasteiger partial charge in [0.25, 0.3) is 5.91 Å². The lowest BCUT2D eigenvalue weighted by Crippen LogP contribution is -2.25.